The Morgan fingerprint density at radius 1 is 0.404 bits per heavy atom. The smallest absolute Gasteiger partial charge is 0.0972 e. The third kappa shape index (κ3) is 4.09. The zero-order chi connectivity index (χ0) is 30.9. The Morgan fingerprint density at radius 3 is 1.83 bits per heavy atom. The monoisotopic (exact) mass is 615 g/mol. The highest BCUT2D eigenvalue weighted by Crippen LogP contribution is 2.46. The Balaban J connectivity index is 1.24. The summed E-state index contributed by atoms with van der Waals surface area (Å²) >= 11 is 1.86. The Bertz CT molecular complexity index is 2840. The van der Waals surface area contributed by atoms with Gasteiger partial charge in [-0.3, -0.25) is 0 Å². The average molecular weight is 616 g/mol. The number of aromatic nitrogens is 3. The molecule has 0 amide bonds. The predicted octanol–water partition coefficient (Wildman–Crippen LogP) is 11.9. The molecule has 4 aromatic heterocycles. The maximum Gasteiger partial charge on any atom is 0.0972 e. The molecule has 0 aliphatic carbocycles. The number of nitrogens with zero attached hydrogens (tertiary/aromatic N) is 3. The van der Waals surface area contributed by atoms with Gasteiger partial charge in [-0.25, -0.2) is 15.0 Å². The van der Waals surface area contributed by atoms with Crippen molar-refractivity contribution in [1.29, 1.82) is 0 Å². The van der Waals surface area contributed by atoms with E-state index in [2.05, 4.69) is 146 Å². The average Bonchev–Trinajstić information content (AvgIpc) is 3.54. The van der Waals surface area contributed by atoms with Gasteiger partial charge in [-0.15, -0.1) is 11.3 Å². The maximum atomic E-state index is 5.34. The van der Waals surface area contributed by atoms with E-state index in [1.807, 2.05) is 17.4 Å². The summed E-state index contributed by atoms with van der Waals surface area (Å²) in [6, 6.07) is 53.4. The van der Waals surface area contributed by atoms with E-state index in [0.717, 1.165) is 61.1 Å². The molecule has 0 unspecified atom stereocenters. The molecule has 218 valence electrons. The van der Waals surface area contributed by atoms with Crippen molar-refractivity contribution in [3.63, 3.8) is 0 Å². The zero-order valence-electron chi connectivity index (χ0n) is 25.2. The van der Waals surface area contributed by atoms with Crippen molar-refractivity contribution < 1.29 is 0 Å². The lowest BCUT2D eigenvalue weighted by atomic mass is 9.96. The topological polar surface area (TPSA) is 38.7 Å². The van der Waals surface area contributed by atoms with E-state index in [1.54, 1.807) is 0 Å². The van der Waals surface area contributed by atoms with Crippen molar-refractivity contribution >= 4 is 75.0 Å². The molecule has 0 atom stereocenters. The van der Waals surface area contributed by atoms with Crippen LogP contribution in [0.15, 0.2) is 152 Å². The molecule has 0 bridgehead atoms. The Kier molecular flexibility index (Phi) is 5.74. The number of benzene rings is 6. The van der Waals surface area contributed by atoms with Crippen LogP contribution in [0, 0.1) is 0 Å². The molecule has 0 N–H and O–H groups in total. The largest absolute Gasteiger partial charge is 0.247 e. The van der Waals surface area contributed by atoms with Gasteiger partial charge in [0.05, 0.1) is 33.6 Å². The van der Waals surface area contributed by atoms with Crippen LogP contribution in [0.5, 0.6) is 0 Å². The molecule has 0 aliphatic rings. The first-order valence-corrected chi connectivity index (χ1v) is 16.6. The van der Waals surface area contributed by atoms with Crippen LogP contribution in [0.1, 0.15) is 0 Å². The number of thiophene rings is 1. The summed E-state index contributed by atoms with van der Waals surface area (Å²) in [6.07, 6.45) is 0. The fourth-order valence-corrected chi connectivity index (χ4v) is 8.32. The first kappa shape index (κ1) is 26.3. The summed E-state index contributed by atoms with van der Waals surface area (Å²) in [4.78, 5) is 15.7. The van der Waals surface area contributed by atoms with E-state index in [0.29, 0.717) is 0 Å². The van der Waals surface area contributed by atoms with Gasteiger partial charge in [0, 0.05) is 63.8 Å². The fraction of sp³-hybridized carbons (Fsp3) is 0. The fourth-order valence-electron chi connectivity index (χ4n) is 7.03. The second kappa shape index (κ2) is 10.3. The lowest BCUT2D eigenvalue weighted by Gasteiger charge is -2.11. The molecule has 3 nitrogen and oxygen atoms in total. The van der Waals surface area contributed by atoms with Gasteiger partial charge in [0.1, 0.15) is 0 Å². The van der Waals surface area contributed by atoms with Crippen molar-refractivity contribution in [2.45, 2.75) is 0 Å². The molecular weight excluding hydrogens is 591 g/mol. The van der Waals surface area contributed by atoms with Gasteiger partial charge in [0.15, 0.2) is 0 Å². The second-order valence-electron chi connectivity index (χ2n) is 12.0. The zero-order valence-corrected chi connectivity index (χ0v) is 26.0. The van der Waals surface area contributed by atoms with Crippen molar-refractivity contribution in [1.82, 2.24) is 15.0 Å². The van der Waals surface area contributed by atoms with Crippen LogP contribution in [0.25, 0.3) is 97.4 Å². The van der Waals surface area contributed by atoms with Crippen LogP contribution in [-0.2, 0) is 0 Å². The third-order valence-corrected chi connectivity index (χ3v) is 10.4. The number of rotatable bonds is 3. The van der Waals surface area contributed by atoms with Gasteiger partial charge in [-0.1, -0.05) is 127 Å². The molecule has 0 saturated carbocycles. The third-order valence-electron chi connectivity index (χ3n) is 9.24. The molecular formula is C43H25N3S. The Morgan fingerprint density at radius 2 is 1.04 bits per heavy atom. The van der Waals surface area contributed by atoms with E-state index in [9.17, 15) is 0 Å². The lowest BCUT2D eigenvalue weighted by Crippen LogP contribution is -1.91. The summed E-state index contributed by atoms with van der Waals surface area (Å²) in [6.45, 7) is 0. The molecule has 10 rings (SSSR count). The molecule has 0 saturated heterocycles. The summed E-state index contributed by atoms with van der Waals surface area (Å²) in [5.74, 6) is 0. The SMILES string of the molecule is c1ccc(-c2ccc3ccc4ccc(-c5cccc6sc7c(ccc8c(-c9ccccc9)nc9ccccc9c87)c56)nc4c3n2)cc1. The molecule has 0 spiro atoms. The van der Waals surface area contributed by atoms with Gasteiger partial charge in [0.2, 0.25) is 0 Å². The molecule has 6 aromatic carbocycles. The van der Waals surface area contributed by atoms with Crippen LogP contribution < -0.4 is 0 Å². The van der Waals surface area contributed by atoms with Crippen LogP contribution in [-0.4, -0.2) is 15.0 Å². The normalized spacial score (nSPS) is 11.8. The van der Waals surface area contributed by atoms with Crippen molar-refractivity contribution in [2.75, 3.05) is 0 Å². The summed E-state index contributed by atoms with van der Waals surface area (Å²) in [7, 11) is 0. The number of para-hydroxylation sites is 1. The minimum Gasteiger partial charge on any atom is -0.247 e. The number of hydrogen-bond donors (Lipinski definition) is 0. The highest BCUT2D eigenvalue weighted by molar-refractivity contribution is 7.27. The Hall–Kier alpha value is -5.97. The molecule has 10 aromatic rings. The van der Waals surface area contributed by atoms with Crippen molar-refractivity contribution in [3.8, 4) is 33.8 Å². The first-order valence-electron chi connectivity index (χ1n) is 15.8. The van der Waals surface area contributed by atoms with Crippen molar-refractivity contribution in [3.05, 3.63) is 152 Å². The molecule has 0 aliphatic heterocycles. The molecule has 4 heterocycles. The van der Waals surface area contributed by atoms with Gasteiger partial charge in [0.25, 0.3) is 0 Å². The van der Waals surface area contributed by atoms with E-state index < -0.39 is 0 Å². The molecule has 47 heavy (non-hydrogen) atoms. The highest BCUT2D eigenvalue weighted by Gasteiger charge is 2.19. The van der Waals surface area contributed by atoms with Crippen LogP contribution in [0.4, 0.5) is 0 Å². The van der Waals surface area contributed by atoms with Gasteiger partial charge in [-0.2, -0.15) is 0 Å². The number of hydrogen-bond acceptors (Lipinski definition) is 4. The minimum absolute atomic E-state index is 0.921. The van der Waals surface area contributed by atoms with Crippen LogP contribution in [0.3, 0.4) is 0 Å². The van der Waals surface area contributed by atoms with Gasteiger partial charge in [-0.05, 0) is 24.3 Å². The lowest BCUT2D eigenvalue weighted by molar-refractivity contribution is 1.37. The predicted molar refractivity (Wildman–Crippen MR) is 199 cm³/mol. The number of pyridine rings is 3. The van der Waals surface area contributed by atoms with E-state index >= 15 is 0 Å². The number of fused-ring (bicyclic) bond motifs is 10. The Labute approximate surface area is 274 Å². The molecule has 4 heteroatoms. The molecule has 0 radical (unpaired) electrons. The van der Waals surface area contributed by atoms with E-state index in [1.165, 1.54) is 36.3 Å². The quantitative estimate of drug-likeness (QED) is 0.186. The second-order valence-corrected chi connectivity index (χ2v) is 13.0. The summed E-state index contributed by atoms with van der Waals surface area (Å²) in [5.41, 5.74) is 9.13. The van der Waals surface area contributed by atoms with Crippen LogP contribution in [0.2, 0.25) is 0 Å². The highest BCUT2D eigenvalue weighted by atomic mass is 32.1. The van der Waals surface area contributed by atoms with E-state index in [4.69, 9.17) is 15.0 Å². The molecule has 0 fully saturated rings. The first-order chi connectivity index (χ1) is 23.3. The van der Waals surface area contributed by atoms with Gasteiger partial charge < -0.3 is 0 Å². The summed E-state index contributed by atoms with van der Waals surface area (Å²) < 4.78 is 2.53. The minimum atomic E-state index is 0.921. The summed E-state index contributed by atoms with van der Waals surface area (Å²) in [5, 5.41) is 8.26. The van der Waals surface area contributed by atoms with Gasteiger partial charge >= 0.3 is 0 Å². The standard InChI is InChI=1S/C43H25N3S/c1-3-10-26(11-4-1)34-24-20-28-18-19-29-21-25-36(46-42(29)41(28)44-34)30-15-9-17-37-38(30)33-23-22-32-39(43(33)47-37)31-14-7-8-16-35(31)45-40(32)27-12-5-2-6-13-27/h1-25H. The van der Waals surface area contributed by atoms with E-state index in [-0.39, 0.29) is 0 Å². The maximum absolute atomic E-state index is 5.34. The van der Waals surface area contributed by atoms with Crippen LogP contribution >= 0.6 is 11.3 Å². The van der Waals surface area contributed by atoms with Crippen molar-refractivity contribution in [2.24, 2.45) is 0 Å².